The van der Waals surface area contributed by atoms with Gasteiger partial charge in [-0.2, -0.15) is 5.10 Å². The fourth-order valence-electron chi connectivity index (χ4n) is 4.66. The number of rotatable bonds is 4. The molecule has 1 aromatic carbocycles. The van der Waals surface area contributed by atoms with Crippen LogP contribution < -0.4 is 15.6 Å². The van der Waals surface area contributed by atoms with Crippen molar-refractivity contribution in [1.82, 2.24) is 15.0 Å². The molecule has 0 saturated heterocycles. The number of ether oxygens (including phenoxy) is 1. The first-order chi connectivity index (χ1) is 14.9. The third-order valence-corrected chi connectivity index (χ3v) is 6.37. The minimum absolute atomic E-state index is 0.00200. The molecular weight excluding hydrogens is 397 g/mol. The summed E-state index contributed by atoms with van der Waals surface area (Å²) in [4.78, 5) is 19.5. The zero-order chi connectivity index (χ0) is 21.7. The van der Waals surface area contributed by atoms with E-state index in [-0.39, 0.29) is 29.9 Å². The molecule has 0 radical (unpaired) electrons. The lowest BCUT2D eigenvalue weighted by Crippen LogP contribution is -2.21. The number of aromatic nitrogens is 2. The molecule has 0 spiro atoms. The number of benzene rings is 1. The lowest BCUT2D eigenvalue weighted by atomic mass is 9.90. The lowest BCUT2D eigenvalue weighted by Gasteiger charge is -2.25. The van der Waals surface area contributed by atoms with Crippen LogP contribution in [0.25, 0.3) is 10.8 Å². The number of anilines is 1. The fraction of sp³-hybridized carbons (Fsp3) is 0.348. The summed E-state index contributed by atoms with van der Waals surface area (Å²) in [6, 6.07) is 4.71. The fourth-order valence-corrected chi connectivity index (χ4v) is 4.66. The average Bonchev–Trinajstić information content (AvgIpc) is 3.31. The van der Waals surface area contributed by atoms with Crippen molar-refractivity contribution < 1.29 is 9.13 Å². The molecule has 3 aromatic rings. The molecule has 2 N–H and O–H groups in total. The van der Waals surface area contributed by atoms with Crippen molar-refractivity contribution in [2.24, 2.45) is 11.0 Å². The smallest absolute Gasteiger partial charge is 0.248 e. The molecule has 2 aliphatic rings. The number of hydrogen-bond acceptors (Lipinski definition) is 6. The average molecular weight is 421 g/mol. The van der Waals surface area contributed by atoms with Crippen LogP contribution in [0.15, 0.2) is 40.5 Å². The first-order valence-corrected chi connectivity index (χ1v) is 10.4. The minimum Gasteiger partial charge on any atom is -0.493 e. The normalized spacial score (nSPS) is 20.0. The molecule has 0 amide bonds. The van der Waals surface area contributed by atoms with Crippen LogP contribution in [0, 0.1) is 11.7 Å². The number of fused-ring (bicyclic) bond motifs is 2. The first kappa shape index (κ1) is 19.5. The molecule has 31 heavy (non-hydrogen) atoms. The maximum absolute atomic E-state index is 14.5. The number of halogens is 1. The number of pyridine rings is 2. The molecule has 7 nitrogen and oxygen atoms in total. The first-order valence-electron chi connectivity index (χ1n) is 10.4. The molecule has 5 rings (SSSR count). The van der Waals surface area contributed by atoms with Crippen LogP contribution >= 0.6 is 0 Å². The van der Waals surface area contributed by atoms with Crippen molar-refractivity contribution in [1.29, 1.82) is 0 Å². The molecule has 160 valence electrons. The predicted molar refractivity (Wildman–Crippen MR) is 118 cm³/mol. The maximum atomic E-state index is 14.5. The van der Waals surface area contributed by atoms with Gasteiger partial charge in [0.2, 0.25) is 5.56 Å². The van der Waals surface area contributed by atoms with E-state index in [4.69, 9.17) is 4.74 Å². The van der Waals surface area contributed by atoms with Gasteiger partial charge in [0.1, 0.15) is 17.4 Å². The van der Waals surface area contributed by atoms with Crippen molar-refractivity contribution in [2.45, 2.75) is 32.9 Å². The van der Waals surface area contributed by atoms with Gasteiger partial charge in [0.15, 0.2) is 0 Å². The van der Waals surface area contributed by atoms with Crippen LogP contribution in [-0.2, 0) is 13.0 Å². The molecule has 2 aromatic heterocycles. The van der Waals surface area contributed by atoms with Gasteiger partial charge in [-0.15, -0.1) is 0 Å². The van der Waals surface area contributed by atoms with E-state index >= 15 is 0 Å². The Kier molecular flexibility index (Phi) is 4.64. The highest BCUT2D eigenvalue weighted by Crippen LogP contribution is 2.38. The lowest BCUT2D eigenvalue weighted by molar-refractivity contribution is 0.258. The summed E-state index contributed by atoms with van der Waals surface area (Å²) in [7, 11) is 1.93. The highest BCUT2D eigenvalue weighted by molar-refractivity contribution is 5.95. The minimum atomic E-state index is -0.264. The third kappa shape index (κ3) is 3.22. The largest absolute Gasteiger partial charge is 0.493 e. The molecule has 0 aliphatic carbocycles. The summed E-state index contributed by atoms with van der Waals surface area (Å²) in [6.07, 6.45) is 4.15. The van der Waals surface area contributed by atoms with Crippen molar-refractivity contribution >= 4 is 22.3 Å². The van der Waals surface area contributed by atoms with Gasteiger partial charge in [-0.1, -0.05) is 6.92 Å². The van der Waals surface area contributed by atoms with Gasteiger partial charge in [0.25, 0.3) is 0 Å². The molecule has 2 unspecified atom stereocenters. The summed E-state index contributed by atoms with van der Waals surface area (Å²) in [5, 5.41) is 11.4. The number of aromatic amines is 1. The Morgan fingerprint density at radius 1 is 1.35 bits per heavy atom. The van der Waals surface area contributed by atoms with Crippen molar-refractivity contribution in [2.75, 3.05) is 19.0 Å². The Morgan fingerprint density at radius 3 is 2.97 bits per heavy atom. The Hall–Kier alpha value is -3.42. The Labute approximate surface area is 178 Å². The Bertz CT molecular complexity index is 1270. The molecule has 2 aliphatic heterocycles. The second-order valence-corrected chi connectivity index (χ2v) is 8.19. The van der Waals surface area contributed by atoms with Gasteiger partial charge in [-0.25, -0.2) is 9.37 Å². The molecule has 2 atom stereocenters. The van der Waals surface area contributed by atoms with Crippen molar-refractivity contribution in [3.8, 4) is 5.75 Å². The number of hydrazone groups is 1. The van der Waals surface area contributed by atoms with Gasteiger partial charge < -0.3 is 15.0 Å². The van der Waals surface area contributed by atoms with Gasteiger partial charge >= 0.3 is 0 Å². The van der Waals surface area contributed by atoms with Crippen LogP contribution in [-0.4, -0.2) is 34.3 Å². The topological polar surface area (TPSA) is 82.6 Å². The van der Waals surface area contributed by atoms with E-state index < -0.39 is 0 Å². The summed E-state index contributed by atoms with van der Waals surface area (Å²) in [6.45, 7) is 4.98. The Morgan fingerprint density at radius 2 is 2.19 bits per heavy atom. The van der Waals surface area contributed by atoms with Crippen LogP contribution in [0.5, 0.6) is 5.75 Å². The van der Waals surface area contributed by atoms with Gasteiger partial charge in [0, 0.05) is 72.2 Å². The van der Waals surface area contributed by atoms with E-state index in [0.717, 1.165) is 33.4 Å². The SMILES string of the molecule is CC1=NN(C)C(c2cnc(NCc3c(F)ccc4c3CCO4)c3c[nH]c(=O)cc23)C1C. The summed E-state index contributed by atoms with van der Waals surface area (Å²) >= 11 is 0. The van der Waals surface area contributed by atoms with Gasteiger partial charge in [0.05, 0.1) is 12.6 Å². The predicted octanol–water partition coefficient (Wildman–Crippen LogP) is 3.61. The van der Waals surface area contributed by atoms with E-state index in [1.807, 2.05) is 19.0 Å². The molecule has 4 heterocycles. The van der Waals surface area contributed by atoms with Crippen molar-refractivity contribution in [3.63, 3.8) is 0 Å². The van der Waals surface area contributed by atoms with Gasteiger partial charge in [-0.3, -0.25) is 9.80 Å². The molecule has 0 bridgehead atoms. The van der Waals surface area contributed by atoms with Gasteiger partial charge in [-0.05, 0) is 24.4 Å². The van der Waals surface area contributed by atoms with E-state index in [2.05, 4.69) is 27.3 Å². The maximum Gasteiger partial charge on any atom is 0.248 e. The van der Waals surface area contributed by atoms with Crippen LogP contribution in [0.1, 0.15) is 36.6 Å². The van der Waals surface area contributed by atoms with E-state index in [0.29, 0.717) is 24.4 Å². The molecule has 0 saturated carbocycles. The van der Waals surface area contributed by atoms with E-state index in [9.17, 15) is 9.18 Å². The number of nitrogens with one attached hydrogen (secondary N) is 2. The van der Waals surface area contributed by atoms with Crippen LogP contribution in [0.4, 0.5) is 10.2 Å². The highest BCUT2D eigenvalue weighted by Gasteiger charge is 2.33. The monoisotopic (exact) mass is 421 g/mol. The van der Waals surface area contributed by atoms with E-state index in [1.54, 1.807) is 24.5 Å². The number of H-pyrrole nitrogens is 1. The standard InChI is InChI=1S/C23H24FN5O2/c1-12-13(2)28-29(3)22(12)17-10-27-23(18-11-25-21(30)8-15(17)18)26-9-16-14-6-7-31-20(14)5-4-19(16)24/h4-5,8,10-12,22H,6-7,9H2,1-3H3,(H,25,30)(H,26,27). The second-order valence-electron chi connectivity index (χ2n) is 8.19. The summed E-state index contributed by atoms with van der Waals surface area (Å²) in [5.41, 5.74) is 3.30. The number of hydrogen-bond donors (Lipinski definition) is 2. The number of nitrogens with zero attached hydrogens (tertiary/aromatic N) is 3. The molecule has 0 fully saturated rings. The quantitative estimate of drug-likeness (QED) is 0.673. The zero-order valence-corrected chi connectivity index (χ0v) is 17.7. The van der Waals surface area contributed by atoms with Crippen LogP contribution in [0.2, 0.25) is 0 Å². The van der Waals surface area contributed by atoms with Crippen LogP contribution in [0.3, 0.4) is 0 Å². The Balaban J connectivity index is 1.53. The molecular formula is C23H24FN5O2. The van der Waals surface area contributed by atoms with E-state index in [1.165, 1.54) is 6.07 Å². The highest BCUT2D eigenvalue weighted by atomic mass is 19.1. The molecule has 8 heteroatoms. The third-order valence-electron chi connectivity index (χ3n) is 6.37. The van der Waals surface area contributed by atoms with Crippen molar-refractivity contribution in [3.05, 3.63) is 63.5 Å². The summed E-state index contributed by atoms with van der Waals surface area (Å²) < 4.78 is 20.1. The summed E-state index contributed by atoms with van der Waals surface area (Å²) in [5.74, 6) is 1.27. The second kappa shape index (κ2) is 7.37. The zero-order valence-electron chi connectivity index (χ0n) is 17.7.